The third-order valence-electron chi connectivity index (χ3n) is 0.890. The van der Waals surface area contributed by atoms with Crippen molar-refractivity contribution >= 4 is 33.4 Å². The molecule has 0 bridgehead atoms. The maximum Gasteiger partial charge on any atom is 0.273 e. The van der Waals surface area contributed by atoms with Crippen molar-refractivity contribution < 1.29 is 4.79 Å². The van der Waals surface area contributed by atoms with Gasteiger partial charge in [-0.15, -0.1) is 5.10 Å². The quantitative estimate of drug-likeness (QED) is 0.759. The Labute approximate surface area is 69.9 Å². The van der Waals surface area contributed by atoms with Gasteiger partial charge in [-0.1, -0.05) is 4.49 Å². The number of amides is 1. The Kier molecular flexibility index (Phi) is 2.34. The zero-order valence-electron chi connectivity index (χ0n) is 5.09. The molecule has 0 spiro atoms. The third-order valence-corrected chi connectivity index (χ3v) is 2.22. The zero-order chi connectivity index (χ0) is 7.56. The second-order valence-corrected chi connectivity index (χ2v) is 3.55. The maximum absolute atomic E-state index is 10.9. The van der Waals surface area contributed by atoms with Gasteiger partial charge >= 0.3 is 0 Å². The van der Waals surface area contributed by atoms with Crippen LogP contribution in [0.15, 0.2) is 3.79 Å². The van der Waals surface area contributed by atoms with Crippen LogP contribution < -0.4 is 5.32 Å². The average Bonchev–Trinajstić information content (AvgIpc) is 2.34. The number of rotatable bonds is 1. The molecule has 54 valence electrons. The van der Waals surface area contributed by atoms with E-state index >= 15 is 0 Å². The van der Waals surface area contributed by atoms with Gasteiger partial charge in [-0.05, 0) is 27.5 Å². The number of carbonyl (C=O) groups is 1. The summed E-state index contributed by atoms with van der Waals surface area (Å²) in [6.45, 7) is 0. The number of carbonyl (C=O) groups excluding carboxylic acids is 1. The van der Waals surface area contributed by atoms with Crippen LogP contribution in [-0.4, -0.2) is 22.5 Å². The molecule has 0 unspecified atom stereocenters. The summed E-state index contributed by atoms with van der Waals surface area (Å²) in [5.41, 5.74) is 0.340. The van der Waals surface area contributed by atoms with E-state index in [1.807, 2.05) is 0 Å². The second kappa shape index (κ2) is 3.07. The van der Waals surface area contributed by atoms with Crippen LogP contribution >= 0.6 is 27.5 Å². The number of nitrogens with one attached hydrogen (secondary N) is 1. The number of hydrogen-bond acceptors (Lipinski definition) is 4. The summed E-state index contributed by atoms with van der Waals surface area (Å²) >= 11 is 4.28. The summed E-state index contributed by atoms with van der Waals surface area (Å²) < 4.78 is 4.23. The van der Waals surface area contributed by atoms with Crippen molar-refractivity contribution in [2.75, 3.05) is 7.05 Å². The molecule has 1 N–H and O–H groups in total. The van der Waals surface area contributed by atoms with Gasteiger partial charge in [0.1, 0.15) is 3.79 Å². The number of aromatic nitrogens is 2. The summed E-state index contributed by atoms with van der Waals surface area (Å²) in [4.78, 5) is 10.9. The van der Waals surface area contributed by atoms with Crippen LogP contribution in [0, 0.1) is 0 Å². The minimum absolute atomic E-state index is 0.222. The lowest BCUT2D eigenvalue weighted by Crippen LogP contribution is -2.18. The van der Waals surface area contributed by atoms with Crippen molar-refractivity contribution in [3.05, 3.63) is 9.48 Å². The lowest BCUT2D eigenvalue weighted by Gasteiger charge is -1.90. The first-order valence-electron chi connectivity index (χ1n) is 2.45. The van der Waals surface area contributed by atoms with E-state index in [9.17, 15) is 4.79 Å². The van der Waals surface area contributed by atoms with E-state index in [1.165, 1.54) is 0 Å². The van der Waals surface area contributed by atoms with Crippen molar-refractivity contribution in [3.8, 4) is 0 Å². The highest BCUT2D eigenvalue weighted by Gasteiger charge is 2.11. The standard InChI is InChI=1S/C4H4BrN3OS/c1-6-4(9)2-3(5)10-8-7-2/h1H3,(H,6,9). The van der Waals surface area contributed by atoms with Gasteiger partial charge in [0, 0.05) is 7.05 Å². The molecule has 1 heterocycles. The largest absolute Gasteiger partial charge is 0.354 e. The molecular formula is C4H4BrN3OS. The van der Waals surface area contributed by atoms with E-state index in [-0.39, 0.29) is 5.91 Å². The summed E-state index contributed by atoms with van der Waals surface area (Å²) in [5.74, 6) is -0.222. The Bertz CT molecular complexity index is 248. The molecule has 0 aromatic carbocycles. The molecule has 1 amide bonds. The molecule has 6 heteroatoms. The van der Waals surface area contributed by atoms with E-state index in [1.54, 1.807) is 7.05 Å². The smallest absolute Gasteiger partial charge is 0.273 e. The number of halogens is 1. The molecule has 1 aromatic heterocycles. The first kappa shape index (κ1) is 7.62. The lowest BCUT2D eigenvalue weighted by atomic mass is 10.5. The highest BCUT2D eigenvalue weighted by Crippen LogP contribution is 2.17. The van der Waals surface area contributed by atoms with E-state index in [4.69, 9.17) is 0 Å². The normalized spacial score (nSPS) is 9.40. The predicted molar refractivity (Wildman–Crippen MR) is 41.0 cm³/mol. The Hall–Kier alpha value is -0.490. The van der Waals surface area contributed by atoms with Crippen LogP contribution in [0.3, 0.4) is 0 Å². The Morgan fingerprint density at radius 3 is 2.90 bits per heavy atom. The first-order chi connectivity index (χ1) is 4.75. The van der Waals surface area contributed by atoms with Crippen molar-refractivity contribution in [1.29, 1.82) is 0 Å². The highest BCUT2D eigenvalue weighted by atomic mass is 79.9. The van der Waals surface area contributed by atoms with E-state index in [2.05, 4.69) is 30.8 Å². The van der Waals surface area contributed by atoms with E-state index in [0.717, 1.165) is 11.5 Å². The number of hydrogen-bond donors (Lipinski definition) is 1. The Balaban J connectivity index is 2.93. The Morgan fingerprint density at radius 2 is 2.50 bits per heavy atom. The second-order valence-electron chi connectivity index (χ2n) is 1.47. The molecular weight excluding hydrogens is 218 g/mol. The van der Waals surface area contributed by atoms with Crippen molar-refractivity contribution in [3.63, 3.8) is 0 Å². The summed E-state index contributed by atoms with van der Waals surface area (Å²) in [7, 11) is 1.55. The number of nitrogens with zero attached hydrogens (tertiary/aromatic N) is 2. The van der Waals surface area contributed by atoms with Crippen LogP contribution in [0.25, 0.3) is 0 Å². The molecule has 0 aliphatic carbocycles. The van der Waals surface area contributed by atoms with Gasteiger partial charge in [0.2, 0.25) is 0 Å². The fraction of sp³-hybridized carbons (Fsp3) is 0.250. The summed E-state index contributed by atoms with van der Waals surface area (Å²) in [6, 6.07) is 0. The van der Waals surface area contributed by atoms with Crippen molar-refractivity contribution in [1.82, 2.24) is 14.9 Å². The van der Waals surface area contributed by atoms with Gasteiger partial charge < -0.3 is 5.32 Å². The average molecular weight is 222 g/mol. The first-order valence-corrected chi connectivity index (χ1v) is 4.02. The van der Waals surface area contributed by atoms with Crippen LogP contribution in [-0.2, 0) is 0 Å². The highest BCUT2D eigenvalue weighted by molar-refractivity contribution is 9.11. The summed E-state index contributed by atoms with van der Waals surface area (Å²) in [6.07, 6.45) is 0. The van der Waals surface area contributed by atoms with Crippen LogP contribution in [0.4, 0.5) is 0 Å². The van der Waals surface area contributed by atoms with Gasteiger partial charge in [0.25, 0.3) is 5.91 Å². The predicted octanol–water partition coefficient (Wildman–Crippen LogP) is 0.660. The zero-order valence-corrected chi connectivity index (χ0v) is 7.49. The molecule has 1 aromatic rings. The monoisotopic (exact) mass is 221 g/mol. The van der Waals surface area contributed by atoms with Gasteiger partial charge in [-0.2, -0.15) is 0 Å². The van der Waals surface area contributed by atoms with Crippen LogP contribution in [0.1, 0.15) is 10.5 Å². The molecule has 4 nitrogen and oxygen atoms in total. The topological polar surface area (TPSA) is 54.9 Å². The Morgan fingerprint density at radius 1 is 1.80 bits per heavy atom. The van der Waals surface area contributed by atoms with Gasteiger partial charge in [0.15, 0.2) is 5.69 Å². The molecule has 1 rings (SSSR count). The molecule has 0 fully saturated rings. The van der Waals surface area contributed by atoms with E-state index in [0.29, 0.717) is 9.48 Å². The SMILES string of the molecule is CNC(=O)c1nnsc1Br. The lowest BCUT2D eigenvalue weighted by molar-refractivity contribution is 0.0957. The van der Waals surface area contributed by atoms with Crippen LogP contribution in [0.2, 0.25) is 0 Å². The summed E-state index contributed by atoms with van der Waals surface area (Å²) in [5, 5.41) is 6.04. The van der Waals surface area contributed by atoms with Crippen molar-refractivity contribution in [2.24, 2.45) is 0 Å². The van der Waals surface area contributed by atoms with Gasteiger partial charge in [-0.25, -0.2) is 0 Å². The molecule has 0 saturated heterocycles. The van der Waals surface area contributed by atoms with Gasteiger partial charge in [-0.3, -0.25) is 4.79 Å². The molecule has 0 radical (unpaired) electrons. The molecule has 0 aliphatic rings. The fourth-order valence-electron chi connectivity index (χ4n) is 0.433. The van der Waals surface area contributed by atoms with Gasteiger partial charge in [0.05, 0.1) is 0 Å². The van der Waals surface area contributed by atoms with E-state index < -0.39 is 0 Å². The third kappa shape index (κ3) is 1.32. The minimum Gasteiger partial charge on any atom is -0.354 e. The fourth-order valence-corrected chi connectivity index (χ4v) is 1.30. The van der Waals surface area contributed by atoms with Crippen LogP contribution in [0.5, 0.6) is 0 Å². The minimum atomic E-state index is -0.222. The maximum atomic E-state index is 10.9. The molecule has 10 heavy (non-hydrogen) atoms. The molecule has 0 aliphatic heterocycles. The molecule has 0 saturated carbocycles. The van der Waals surface area contributed by atoms with Crippen molar-refractivity contribution in [2.45, 2.75) is 0 Å². The molecule has 0 atom stereocenters.